The standard InChI is InChI=1S/C25H29N5O6S/c1-3-35-20(31)13-11-18(24(34)36-4-2)28-23(33)19-12-10-16(37-19)9-7-5-6-8-15-14-17-21(27-15)29-25(26)30-22(17)32/h10,12,14,18H,3-6,8,11,13H2,1-2H3,(H,28,33)(H4,26,27,29,30,32)/t18-/m0/s1. The molecule has 0 saturated carbocycles. The summed E-state index contributed by atoms with van der Waals surface area (Å²) in [5, 5.41) is 3.11. The third-order valence-corrected chi connectivity index (χ3v) is 6.18. The Morgan fingerprint density at radius 1 is 1.19 bits per heavy atom. The molecule has 0 aromatic carbocycles. The fourth-order valence-corrected chi connectivity index (χ4v) is 4.27. The van der Waals surface area contributed by atoms with Crippen molar-refractivity contribution in [2.75, 3.05) is 18.9 Å². The van der Waals surface area contributed by atoms with E-state index in [2.05, 4.69) is 32.1 Å². The number of thiophene rings is 1. The summed E-state index contributed by atoms with van der Waals surface area (Å²) in [6, 6.07) is 4.18. The Morgan fingerprint density at radius 3 is 2.73 bits per heavy atom. The number of aryl methyl sites for hydroxylation is 1. The van der Waals surface area contributed by atoms with Crippen LogP contribution in [0.5, 0.6) is 0 Å². The Kier molecular flexibility index (Phi) is 9.85. The van der Waals surface area contributed by atoms with Crippen molar-refractivity contribution in [3.63, 3.8) is 0 Å². The number of ether oxygens (including phenoxy) is 2. The third kappa shape index (κ3) is 7.94. The van der Waals surface area contributed by atoms with Gasteiger partial charge in [-0.15, -0.1) is 11.3 Å². The monoisotopic (exact) mass is 527 g/mol. The van der Waals surface area contributed by atoms with Crippen LogP contribution < -0.4 is 16.6 Å². The number of nitrogens with one attached hydrogen (secondary N) is 3. The van der Waals surface area contributed by atoms with Crippen molar-refractivity contribution in [1.29, 1.82) is 0 Å². The van der Waals surface area contributed by atoms with Crippen LogP contribution in [0.3, 0.4) is 0 Å². The molecule has 0 spiro atoms. The van der Waals surface area contributed by atoms with Crippen molar-refractivity contribution in [3.05, 3.63) is 44.0 Å². The SMILES string of the molecule is CCOC(=O)CC[C@H](NC(=O)c1ccc(C#CCCCc2cc3c(=O)[nH]c(N)nc3[nH]2)s1)C(=O)OCC. The number of fused-ring (bicyclic) bond motifs is 1. The van der Waals surface area contributed by atoms with Crippen molar-refractivity contribution < 1.29 is 23.9 Å². The zero-order valence-electron chi connectivity index (χ0n) is 20.6. The quantitative estimate of drug-likeness (QED) is 0.167. The Labute approximate surface area is 217 Å². The summed E-state index contributed by atoms with van der Waals surface area (Å²) in [6.45, 7) is 3.77. The topological polar surface area (TPSA) is 169 Å². The van der Waals surface area contributed by atoms with E-state index < -0.39 is 23.9 Å². The summed E-state index contributed by atoms with van der Waals surface area (Å²) in [5.41, 5.74) is 6.61. The first-order valence-electron chi connectivity index (χ1n) is 11.9. The third-order valence-electron chi connectivity index (χ3n) is 5.18. The highest BCUT2D eigenvalue weighted by Crippen LogP contribution is 2.17. The minimum absolute atomic E-state index is 0.0155. The van der Waals surface area contributed by atoms with Gasteiger partial charge in [0.15, 0.2) is 0 Å². The molecule has 0 unspecified atom stereocenters. The number of aromatic nitrogens is 3. The highest BCUT2D eigenvalue weighted by atomic mass is 32.1. The van der Waals surface area contributed by atoms with Gasteiger partial charge in [-0.3, -0.25) is 19.4 Å². The number of nitrogens with zero attached hydrogens (tertiary/aromatic N) is 1. The molecule has 5 N–H and O–H groups in total. The zero-order valence-corrected chi connectivity index (χ0v) is 21.5. The molecular formula is C25H29N5O6S. The molecule has 37 heavy (non-hydrogen) atoms. The molecule has 0 aliphatic carbocycles. The average molecular weight is 528 g/mol. The molecule has 0 aliphatic rings. The first-order chi connectivity index (χ1) is 17.8. The van der Waals surface area contributed by atoms with E-state index in [-0.39, 0.29) is 37.6 Å². The van der Waals surface area contributed by atoms with Gasteiger partial charge in [0.2, 0.25) is 5.95 Å². The van der Waals surface area contributed by atoms with Crippen LogP contribution in [-0.2, 0) is 25.5 Å². The number of nitrogens with two attached hydrogens (primary N) is 1. The molecule has 1 amide bonds. The van der Waals surface area contributed by atoms with E-state index >= 15 is 0 Å². The zero-order chi connectivity index (χ0) is 26.8. The minimum Gasteiger partial charge on any atom is -0.466 e. The summed E-state index contributed by atoms with van der Waals surface area (Å²) in [4.78, 5) is 59.2. The van der Waals surface area contributed by atoms with Crippen LogP contribution in [-0.4, -0.2) is 52.1 Å². The van der Waals surface area contributed by atoms with Gasteiger partial charge in [-0.1, -0.05) is 11.8 Å². The Morgan fingerprint density at radius 2 is 1.97 bits per heavy atom. The number of rotatable bonds is 11. The number of amides is 1. The highest BCUT2D eigenvalue weighted by molar-refractivity contribution is 7.14. The number of hydrogen-bond acceptors (Lipinski definition) is 9. The number of H-pyrrole nitrogens is 2. The van der Waals surface area contributed by atoms with Gasteiger partial charge in [-0.05, 0) is 51.3 Å². The summed E-state index contributed by atoms with van der Waals surface area (Å²) in [7, 11) is 0. The number of anilines is 1. The second-order valence-corrected chi connectivity index (χ2v) is 9.03. The number of carbonyl (C=O) groups is 3. The molecule has 3 aromatic heterocycles. The van der Waals surface area contributed by atoms with Crippen LogP contribution in [0.1, 0.15) is 59.8 Å². The summed E-state index contributed by atoms with van der Waals surface area (Å²) in [5.74, 6) is 4.70. The molecule has 3 aromatic rings. The van der Waals surface area contributed by atoms with Gasteiger partial charge in [0.25, 0.3) is 11.5 Å². The van der Waals surface area contributed by atoms with Gasteiger partial charge in [0, 0.05) is 18.5 Å². The largest absolute Gasteiger partial charge is 0.466 e. The van der Waals surface area contributed by atoms with Gasteiger partial charge in [-0.2, -0.15) is 4.98 Å². The number of nitrogen functional groups attached to an aromatic ring is 1. The molecule has 0 bridgehead atoms. The van der Waals surface area contributed by atoms with E-state index in [4.69, 9.17) is 15.2 Å². The lowest BCUT2D eigenvalue weighted by Crippen LogP contribution is -2.42. The number of aromatic amines is 2. The van der Waals surface area contributed by atoms with Crippen LogP contribution in [0.15, 0.2) is 23.0 Å². The second-order valence-electron chi connectivity index (χ2n) is 7.95. The van der Waals surface area contributed by atoms with Crippen molar-refractivity contribution in [2.24, 2.45) is 0 Å². The van der Waals surface area contributed by atoms with Crippen LogP contribution >= 0.6 is 11.3 Å². The molecule has 0 saturated heterocycles. The molecule has 196 valence electrons. The van der Waals surface area contributed by atoms with Gasteiger partial charge in [-0.25, -0.2) is 4.79 Å². The summed E-state index contributed by atoms with van der Waals surface area (Å²) >= 11 is 1.21. The number of esters is 2. The maximum Gasteiger partial charge on any atom is 0.328 e. The Bertz CT molecular complexity index is 1380. The molecule has 11 nitrogen and oxygen atoms in total. The normalized spacial score (nSPS) is 11.4. The lowest BCUT2D eigenvalue weighted by Gasteiger charge is -2.16. The number of unbranched alkanes of at least 4 members (excludes halogenated alkanes) is 1. The van der Waals surface area contributed by atoms with E-state index in [0.717, 1.165) is 12.1 Å². The first-order valence-corrected chi connectivity index (χ1v) is 12.7. The van der Waals surface area contributed by atoms with Crippen LogP contribution in [0.4, 0.5) is 5.95 Å². The Hall–Kier alpha value is -4.11. The second kappa shape index (κ2) is 13.3. The van der Waals surface area contributed by atoms with Crippen LogP contribution in [0, 0.1) is 11.8 Å². The fraction of sp³-hybridized carbons (Fsp3) is 0.400. The minimum atomic E-state index is -0.958. The smallest absolute Gasteiger partial charge is 0.328 e. The summed E-state index contributed by atoms with van der Waals surface area (Å²) < 4.78 is 9.91. The fourth-order valence-electron chi connectivity index (χ4n) is 3.49. The molecule has 0 radical (unpaired) electrons. The molecular weight excluding hydrogens is 498 g/mol. The first kappa shape index (κ1) is 27.5. The molecule has 12 heteroatoms. The van der Waals surface area contributed by atoms with Crippen molar-refractivity contribution >= 4 is 46.2 Å². The van der Waals surface area contributed by atoms with Crippen LogP contribution in [0.25, 0.3) is 11.0 Å². The van der Waals surface area contributed by atoms with Crippen LogP contribution in [0.2, 0.25) is 0 Å². The molecule has 0 aliphatic heterocycles. The van der Waals surface area contributed by atoms with Crippen molar-refractivity contribution in [1.82, 2.24) is 20.3 Å². The molecule has 1 atom stereocenters. The van der Waals surface area contributed by atoms with Crippen molar-refractivity contribution in [2.45, 2.75) is 52.0 Å². The maximum absolute atomic E-state index is 12.7. The predicted molar refractivity (Wildman–Crippen MR) is 139 cm³/mol. The van der Waals surface area contributed by atoms with E-state index in [1.807, 2.05) is 0 Å². The maximum atomic E-state index is 12.7. The average Bonchev–Trinajstić information content (AvgIpc) is 3.49. The molecule has 3 rings (SSSR count). The summed E-state index contributed by atoms with van der Waals surface area (Å²) in [6.07, 6.45) is 2.12. The van der Waals surface area contributed by atoms with E-state index in [1.165, 1.54) is 11.3 Å². The number of hydrogen-bond donors (Lipinski definition) is 4. The van der Waals surface area contributed by atoms with Gasteiger partial charge in [0.05, 0.1) is 28.4 Å². The molecule has 3 heterocycles. The number of carbonyl (C=O) groups excluding carboxylic acids is 3. The Balaban J connectivity index is 1.52. The lowest BCUT2D eigenvalue weighted by molar-refractivity contribution is -0.146. The van der Waals surface area contributed by atoms with Gasteiger partial charge >= 0.3 is 11.9 Å². The van der Waals surface area contributed by atoms with Gasteiger partial charge in [0.1, 0.15) is 11.7 Å². The van der Waals surface area contributed by atoms with Gasteiger partial charge < -0.3 is 25.5 Å². The highest BCUT2D eigenvalue weighted by Gasteiger charge is 2.24. The van der Waals surface area contributed by atoms with E-state index in [1.54, 1.807) is 32.0 Å². The molecule has 0 fully saturated rings. The predicted octanol–water partition coefficient (Wildman–Crippen LogP) is 2.27. The lowest BCUT2D eigenvalue weighted by atomic mass is 10.1. The van der Waals surface area contributed by atoms with E-state index in [0.29, 0.717) is 33.6 Å². The van der Waals surface area contributed by atoms with E-state index in [9.17, 15) is 19.2 Å². The van der Waals surface area contributed by atoms with Crippen molar-refractivity contribution in [3.8, 4) is 11.8 Å².